The van der Waals surface area contributed by atoms with Gasteiger partial charge in [0.1, 0.15) is 5.75 Å². The number of methoxy groups -OCH3 is 1. The molecule has 3 rings (SSSR count). The molecule has 0 fully saturated rings. The zero-order chi connectivity index (χ0) is 15.5. The summed E-state index contributed by atoms with van der Waals surface area (Å²) in [5, 5.41) is 14.2. The van der Waals surface area contributed by atoms with Crippen molar-refractivity contribution < 1.29 is 14.4 Å². The van der Waals surface area contributed by atoms with Crippen LogP contribution in [0.1, 0.15) is 11.1 Å². The maximum absolute atomic E-state index is 11.2. The lowest BCUT2D eigenvalue weighted by Crippen LogP contribution is -2.29. The number of benzene rings is 2. The summed E-state index contributed by atoms with van der Waals surface area (Å²) in [6.45, 7) is 0.715. The van der Waals surface area contributed by atoms with Crippen LogP contribution in [-0.2, 0) is 17.8 Å². The molecule has 0 bridgehead atoms. The Morgan fingerprint density at radius 3 is 2.77 bits per heavy atom. The molecule has 0 atom stereocenters. The molecule has 0 aliphatic carbocycles. The van der Waals surface area contributed by atoms with Crippen molar-refractivity contribution in [1.82, 2.24) is 0 Å². The highest BCUT2D eigenvalue weighted by atomic mass is 16.5. The first-order valence-corrected chi connectivity index (χ1v) is 6.87. The second kappa shape index (κ2) is 6.17. The average molecular weight is 298 g/mol. The summed E-state index contributed by atoms with van der Waals surface area (Å²) in [4.78, 5) is 11.2. The number of anilines is 1. The third-order valence-electron chi connectivity index (χ3n) is 3.68. The van der Waals surface area contributed by atoms with Crippen molar-refractivity contribution in [1.29, 1.82) is 0 Å². The van der Waals surface area contributed by atoms with Gasteiger partial charge in [0.05, 0.1) is 31.2 Å². The van der Waals surface area contributed by atoms with E-state index in [2.05, 4.69) is 5.29 Å². The SMILES string of the molecule is COc1ccc(CN(N=O)c2ccc3c(c2)B(O)OC3)cc1. The molecule has 0 saturated heterocycles. The van der Waals surface area contributed by atoms with Crippen molar-refractivity contribution in [3.05, 3.63) is 58.5 Å². The zero-order valence-corrected chi connectivity index (χ0v) is 12.1. The van der Waals surface area contributed by atoms with Gasteiger partial charge in [-0.05, 0) is 40.9 Å². The van der Waals surface area contributed by atoms with Crippen LogP contribution < -0.4 is 15.2 Å². The fraction of sp³-hybridized carbons (Fsp3) is 0.200. The normalized spacial score (nSPS) is 12.9. The molecule has 7 heteroatoms. The van der Waals surface area contributed by atoms with E-state index in [1.165, 1.54) is 5.01 Å². The first-order chi connectivity index (χ1) is 10.7. The van der Waals surface area contributed by atoms with Gasteiger partial charge in [0.15, 0.2) is 0 Å². The van der Waals surface area contributed by atoms with Crippen LogP contribution >= 0.6 is 0 Å². The van der Waals surface area contributed by atoms with Gasteiger partial charge in [0.25, 0.3) is 0 Å². The summed E-state index contributed by atoms with van der Waals surface area (Å²) in [5.41, 5.74) is 3.15. The van der Waals surface area contributed by atoms with Crippen molar-refractivity contribution in [3.8, 4) is 5.75 Å². The Hall–Kier alpha value is -2.38. The Kier molecular flexibility index (Phi) is 4.08. The summed E-state index contributed by atoms with van der Waals surface area (Å²) in [6, 6.07) is 12.8. The molecule has 0 saturated carbocycles. The lowest BCUT2D eigenvalue weighted by atomic mass is 9.79. The minimum atomic E-state index is -0.940. The third-order valence-corrected chi connectivity index (χ3v) is 3.68. The Morgan fingerprint density at radius 2 is 2.09 bits per heavy atom. The van der Waals surface area contributed by atoms with Crippen molar-refractivity contribution >= 4 is 18.3 Å². The summed E-state index contributed by atoms with van der Waals surface area (Å²) in [7, 11) is 0.663. The second-order valence-electron chi connectivity index (χ2n) is 5.03. The van der Waals surface area contributed by atoms with Crippen LogP contribution in [0.5, 0.6) is 5.75 Å². The summed E-state index contributed by atoms with van der Waals surface area (Å²) >= 11 is 0. The van der Waals surface area contributed by atoms with E-state index >= 15 is 0 Å². The Balaban J connectivity index is 1.81. The van der Waals surface area contributed by atoms with Crippen LogP contribution in [-0.4, -0.2) is 19.3 Å². The molecule has 6 nitrogen and oxygen atoms in total. The van der Waals surface area contributed by atoms with Gasteiger partial charge in [-0.2, -0.15) is 0 Å². The van der Waals surface area contributed by atoms with E-state index in [4.69, 9.17) is 9.39 Å². The summed E-state index contributed by atoms with van der Waals surface area (Å²) in [6.07, 6.45) is 0. The topological polar surface area (TPSA) is 71.4 Å². The molecule has 0 unspecified atom stereocenters. The molecule has 2 aromatic carbocycles. The van der Waals surface area contributed by atoms with Crippen LogP contribution in [0.25, 0.3) is 0 Å². The predicted octanol–water partition coefficient (Wildman–Crippen LogP) is 1.60. The average Bonchev–Trinajstić information content (AvgIpc) is 2.94. The van der Waals surface area contributed by atoms with Crippen LogP contribution in [0.15, 0.2) is 47.8 Å². The highest BCUT2D eigenvalue weighted by molar-refractivity contribution is 6.61. The van der Waals surface area contributed by atoms with Gasteiger partial charge in [-0.15, -0.1) is 4.91 Å². The maximum Gasteiger partial charge on any atom is 0.491 e. The van der Waals surface area contributed by atoms with Crippen molar-refractivity contribution in [3.63, 3.8) is 0 Å². The fourth-order valence-electron chi connectivity index (χ4n) is 2.43. The van der Waals surface area contributed by atoms with E-state index < -0.39 is 7.12 Å². The van der Waals surface area contributed by atoms with E-state index in [-0.39, 0.29) is 0 Å². The minimum absolute atomic E-state index is 0.337. The molecule has 0 radical (unpaired) electrons. The van der Waals surface area contributed by atoms with Crippen LogP contribution in [0, 0.1) is 4.91 Å². The molecule has 0 amide bonds. The molecule has 112 valence electrons. The van der Waals surface area contributed by atoms with E-state index in [1.54, 1.807) is 19.2 Å². The Labute approximate surface area is 128 Å². The number of fused-ring (bicyclic) bond motifs is 1. The first kappa shape index (κ1) is 14.6. The van der Waals surface area contributed by atoms with Gasteiger partial charge in [-0.3, -0.25) is 0 Å². The monoisotopic (exact) mass is 298 g/mol. The van der Waals surface area contributed by atoms with E-state index in [1.807, 2.05) is 30.3 Å². The number of hydrogen-bond acceptors (Lipinski definition) is 5. The number of rotatable bonds is 5. The number of nitroso groups, excluding NO2 is 1. The maximum atomic E-state index is 11.2. The van der Waals surface area contributed by atoms with Gasteiger partial charge < -0.3 is 14.4 Å². The molecule has 22 heavy (non-hydrogen) atoms. The van der Waals surface area contributed by atoms with Gasteiger partial charge >= 0.3 is 7.12 Å². The Morgan fingerprint density at radius 1 is 1.32 bits per heavy atom. The lowest BCUT2D eigenvalue weighted by molar-refractivity contribution is 0.275. The van der Waals surface area contributed by atoms with Crippen LogP contribution in [0.2, 0.25) is 0 Å². The smallest absolute Gasteiger partial charge is 0.491 e. The first-order valence-electron chi connectivity index (χ1n) is 6.87. The summed E-state index contributed by atoms with van der Waals surface area (Å²) < 4.78 is 10.3. The van der Waals surface area contributed by atoms with E-state index in [9.17, 15) is 9.93 Å². The second-order valence-corrected chi connectivity index (χ2v) is 5.03. The van der Waals surface area contributed by atoms with Crippen LogP contribution in [0.3, 0.4) is 0 Å². The third kappa shape index (κ3) is 2.81. The van der Waals surface area contributed by atoms with Crippen molar-refractivity contribution in [2.75, 3.05) is 12.1 Å². The van der Waals surface area contributed by atoms with Gasteiger partial charge in [-0.25, -0.2) is 5.01 Å². The molecular weight excluding hydrogens is 283 g/mol. The quantitative estimate of drug-likeness (QED) is 0.516. The van der Waals surface area contributed by atoms with E-state index in [0.29, 0.717) is 24.3 Å². The van der Waals surface area contributed by atoms with Gasteiger partial charge in [0, 0.05) is 0 Å². The molecule has 2 aromatic rings. The largest absolute Gasteiger partial charge is 0.497 e. The molecule has 1 N–H and O–H groups in total. The van der Waals surface area contributed by atoms with Crippen molar-refractivity contribution in [2.45, 2.75) is 13.2 Å². The van der Waals surface area contributed by atoms with Crippen LogP contribution in [0.4, 0.5) is 5.69 Å². The minimum Gasteiger partial charge on any atom is -0.497 e. The number of nitrogens with zero attached hydrogens (tertiary/aromatic N) is 2. The Bertz CT molecular complexity index is 678. The standard InChI is InChI=1S/C15H15BN2O4/c1-21-14-6-2-11(3-7-14)9-18(17-20)13-5-4-12-10-22-16(19)15(12)8-13/h2-8,19H,9-10H2,1H3. The zero-order valence-electron chi connectivity index (χ0n) is 12.1. The molecule has 1 aliphatic heterocycles. The molecule has 0 spiro atoms. The fourth-order valence-corrected chi connectivity index (χ4v) is 2.43. The van der Waals surface area contributed by atoms with Gasteiger partial charge in [-0.1, -0.05) is 18.2 Å². The highest BCUT2D eigenvalue weighted by Gasteiger charge is 2.28. The lowest BCUT2D eigenvalue weighted by Gasteiger charge is -2.16. The molecule has 1 aliphatic rings. The number of ether oxygens (including phenoxy) is 1. The van der Waals surface area contributed by atoms with Gasteiger partial charge in [0.2, 0.25) is 0 Å². The molecule has 0 aromatic heterocycles. The predicted molar refractivity (Wildman–Crippen MR) is 83.8 cm³/mol. The van der Waals surface area contributed by atoms with E-state index in [0.717, 1.165) is 16.9 Å². The highest BCUT2D eigenvalue weighted by Crippen LogP contribution is 2.21. The van der Waals surface area contributed by atoms with Crippen molar-refractivity contribution in [2.24, 2.45) is 5.29 Å². The molecular formula is C15H15BN2O4. The summed E-state index contributed by atoms with van der Waals surface area (Å²) in [5.74, 6) is 0.757. The molecule has 1 heterocycles. The number of hydrogen-bond donors (Lipinski definition) is 1.